The smallest absolute Gasteiger partial charge is 0.226 e. The van der Waals surface area contributed by atoms with E-state index >= 15 is 0 Å². The van der Waals surface area contributed by atoms with Crippen LogP contribution in [0.2, 0.25) is 0 Å². The van der Waals surface area contributed by atoms with Gasteiger partial charge in [-0.25, -0.2) is 4.98 Å². The minimum atomic E-state index is -0.264. The fraction of sp³-hybridized carbons (Fsp3) is 0.190. The third-order valence-electron chi connectivity index (χ3n) is 5.19. The van der Waals surface area contributed by atoms with Gasteiger partial charge < -0.3 is 19.9 Å². The van der Waals surface area contributed by atoms with E-state index in [4.69, 9.17) is 9.47 Å². The van der Waals surface area contributed by atoms with Crippen molar-refractivity contribution in [2.45, 2.75) is 12.3 Å². The summed E-state index contributed by atoms with van der Waals surface area (Å²) in [5, 5.41) is 18.4. The molecule has 1 atom stereocenters. The van der Waals surface area contributed by atoms with Crippen molar-refractivity contribution in [3.8, 4) is 22.4 Å². The van der Waals surface area contributed by atoms with Crippen LogP contribution in [0.3, 0.4) is 0 Å². The first kappa shape index (κ1) is 18.4. The van der Waals surface area contributed by atoms with Gasteiger partial charge >= 0.3 is 0 Å². The number of nitrogens with zero attached hydrogens (tertiary/aromatic N) is 3. The number of rotatable bonds is 4. The number of carbonyl (C=O) groups is 1. The molecule has 2 N–H and O–H groups in total. The summed E-state index contributed by atoms with van der Waals surface area (Å²) in [5.41, 5.74) is 2.54. The molecule has 0 spiro atoms. The zero-order valence-corrected chi connectivity index (χ0v) is 17.1. The molecule has 0 bridgehead atoms. The van der Waals surface area contributed by atoms with Crippen LogP contribution in [0.1, 0.15) is 23.5 Å². The van der Waals surface area contributed by atoms with E-state index in [1.165, 1.54) is 25.6 Å². The van der Waals surface area contributed by atoms with E-state index in [9.17, 15) is 9.90 Å². The maximum atomic E-state index is 12.6. The molecule has 0 unspecified atom stereocenters. The second kappa shape index (κ2) is 7.03. The molecule has 0 aliphatic carbocycles. The number of anilines is 1. The Morgan fingerprint density at radius 1 is 1.20 bits per heavy atom. The molecular formula is C21H18N4O4S. The summed E-state index contributed by atoms with van der Waals surface area (Å²) < 4.78 is 13.3. The topological polar surface area (TPSA) is 98.5 Å². The SMILES string of the molecule is COc1cc([C@@H]2CC(=O)Nc3c2cnn3-c2nc3ccccc3s2)cc(OC)c1O. The van der Waals surface area contributed by atoms with Crippen LogP contribution < -0.4 is 14.8 Å². The maximum absolute atomic E-state index is 12.6. The minimum absolute atomic E-state index is 0.0746. The molecule has 4 aromatic rings. The monoisotopic (exact) mass is 422 g/mol. The van der Waals surface area contributed by atoms with Gasteiger partial charge in [-0.3, -0.25) is 4.79 Å². The Morgan fingerprint density at radius 3 is 2.63 bits per heavy atom. The number of phenols is 1. The van der Waals surface area contributed by atoms with Crippen molar-refractivity contribution in [2.24, 2.45) is 0 Å². The number of carbonyl (C=O) groups excluding carboxylic acids is 1. The summed E-state index contributed by atoms with van der Waals surface area (Å²) >= 11 is 1.51. The van der Waals surface area contributed by atoms with Crippen LogP contribution in [0.4, 0.5) is 5.82 Å². The summed E-state index contributed by atoms with van der Waals surface area (Å²) in [6.07, 6.45) is 1.99. The molecule has 0 fully saturated rings. The lowest BCUT2D eigenvalue weighted by Crippen LogP contribution is -2.24. The third-order valence-corrected chi connectivity index (χ3v) is 6.20. The Kier molecular flexibility index (Phi) is 4.32. The van der Waals surface area contributed by atoms with E-state index in [1.807, 2.05) is 24.3 Å². The van der Waals surface area contributed by atoms with Crippen LogP contribution >= 0.6 is 11.3 Å². The van der Waals surface area contributed by atoms with Crippen LogP contribution in [0.25, 0.3) is 15.3 Å². The molecule has 0 radical (unpaired) electrons. The molecule has 152 valence electrons. The number of hydrogen-bond acceptors (Lipinski definition) is 7. The van der Waals surface area contributed by atoms with Gasteiger partial charge in [0.1, 0.15) is 5.82 Å². The van der Waals surface area contributed by atoms with E-state index in [0.29, 0.717) is 10.9 Å². The first-order valence-corrected chi connectivity index (χ1v) is 10.1. The summed E-state index contributed by atoms with van der Waals surface area (Å²) in [6, 6.07) is 11.3. The molecule has 30 heavy (non-hydrogen) atoms. The Balaban J connectivity index is 1.63. The molecular weight excluding hydrogens is 404 g/mol. The quantitative estimate of drug-likeness (QED) is 0.521. The van der Waals surface area contributed by atoms with Gasteiger partial charge in [-0.2, -0.15) is 9.78 Å². The molecule has 3 heterocycles. The fourth-order valence-corrected chi connectivity index (χ4v) is 4.66. The molecule has 2 aromatic heterocycles. The van der Waals surface area contributed by atoms with Crippen molar-refractivity contribution in [1.29, 1.82) is 0 Å². The summed E-state index contributed by atoms with van der Waals surface area (Å²) in [6.45, 7) is 0. The number of phenolic OH excluding ortho intramolecular Hbond substituents is 1. The first-order valence-electron chi connectivity index (χ1n) is 9.27. The molecule has 1 amide bonds. The van der Waals surface area contributed by atoms with E-state index in [1.54, 1.807) is 23.0 Å². The molecule has 1 aliphatic rings. The number of nitrogens with one attached hydrogen (secondary N) is 1. The lowest BCUT2D eigenvalue weighted by molar-refractivity contribution is -0.116. The van der Waals surface area contributed by atoms with Gasteiger partial charge in [0, 0.05) is 17.9 Å². The molecule has 9 heteroatoms. The third kappa shape index (κ3) is 2.86. The minimum Gasteiger partial charge on any atom is -0.502 e. The van der Waals surface area contributed by atoms with Crippen molar-refractivity contribution in [3.05, 3.63) is 53.7 Å². The Hall–Kier alpha value is -3.59. The lowest BCUT2D eigenvalue weighted by atomic mass is 9.87. The number of aromatic nitrogens is 3. The number of fused-ring (bicyclic) bond motifs is 2. The number of amides is 1. The van der Waals surface area contributed by atoms with Gasteiger partial charge in [-0.15, -0.1) is 0 Å². The summed E-state index contributed by atoms with van der Waals surface area (Å²) in [7, 11) is 2.95. The maximum Gasteiger partial charge on any atom is 0.226 e. The average Bonchev–Trinajstić information content (AvgIpc) is 3.37. The average molecular weight is 422 g/mol. The van der Waals surface area contributed by atoms with Gasteiger partial charge in [-0.05, 0) is 29.8 Å². The van der Waals surface area contributed by atoms with E-state index in [2.05, 4.69) is 15.4 Å². The van der Waals surface area contributed by atoms with Crippen LogP contribution in [-0.4, -0.2) is 40.0 Å². The molecule has 2 aromatic carbocycles. The zero-order chi connectivity index (χ0) is 20.8. The van der Waals surface area contributed by atoms with Crippen molar-refractivity contribution < 1.29 is 19.4 Å². The van der Waals surface area contributed by atoms with Crippen LogP contribution in [0.15, 0.2) is 42.6 Å². The van der Waals surface area contributed by atoms with Crippen molar-refractivity contribution in [3.63, 3.8) is 0 Å². The highest BCUT2D eigenvalue weighted by molar-refractivity contribution is 7.20. The normalized spacial score (nSPS) is 15.7. The second-order valence-corrected chi connectivity index (χ2v) is 7.91. The first-order chi connectivity index (χ1) is 14.6. The fourth-order valence-electron chi connectivity index (χ4n) is 3.73. The van der Waals surface area contributed by atoms with Gasteiger partial charge in [-0.1, -0.05) is 23.5 Å². The second-order valence-electron chi connectivity index (χ2n) is 6.90. The van der Waals surface area contributed by atoms with Crippen LogP contribution in [-0.2, 0) is 4.79 Å². The van der Waals surface area contributed by atoms with E-state index in [0.717, 1.165) is 21.3 Å². The molecule has 1 aliphatic heterocycles. The predicted molar refractivity (Wildman–Crippen MR) is 113 cm³/mol. The number of para-hydroxylation sites is 1. The van der Waals surface area contributed by atoms with Crippen LogP contribution in [0.5, 0.6) is 17.2 Å². The highest BCUT2D eigenvalue weighted by Gasteiger charge is 2.32. The summed E-state index contributed by atoms with van der Waals surface area (Å²) in [4.78, 5) is 17.2. The Labute approximate surface area is 175 Å². The van der Waals surface area contributed by atoms with Crippen molar-refractivity contribution >= 4 is 33.3 Å². The van der Waals surface area contributed by atoms with Gasteiger partial charge in [0.2, 0.25) is 16.8 Å². The molecule has 5 rings (SSSR count). The van der Waals surface area contributed by atoms with Gasteiger partial charge in [0.25, 0.3) is 0 Å². The van der Waals surface area contributed by atoms with E-state index in [-0.39, 0.29) is 35.5 Å². The standard InChI is InChI=1S/C21H18N4O4S/c1-28-15-7-11(8-16(29-2)19(15)27)12-9-18(26)24-20-13(12)10-22-25(20)21-23-14-5-3-4-6-17(14)30-21/h3-8,10,12,27H,9H2,1-2H3,(H,24,26)/t12-/m0/s1. The van der Waals surface area contributed by atoms with Gasteiger partial charge in [0.15, 0.2) is 11.5 Å². The highest BCUT2D eigenvalue weighted by Crippen LogP contribution is 2.44. The number of methoxy groups -OCH3 is 2. The molecule has 0 saturated heterocycles. The Morgan fingerprint density at radius 2 is 1.93 bits per heavy atom. The molecule has 8 nitrogen and oxygen atoms in total. The van der Waals surface area contributed by atoms with Gasteiger partial charge in [0.05, 0.1) is 30.6 Å². The number of ether oxygens (including phenoxy) is 2. The zero-order valence-electron chi connectivity index (χ0n) is 16.2. The Bertz CT molecular complexity index is 1220. The highest BCUT2D eigenvalue weighted by atomic mass is 32.1. The number of thiazole rings is 1. The number of hydrogen-bond donors (Lipinski definition) is 2. The summed E-state index contributed by atoms with van der Waals surface area (Å²) in [5.74, 6) is 0.711. The van der Waals surface area contributed by atoms with Crippen molar-refractivity contribution in [1.82, 2.24) is 14.8 Å². The largest absolute Gasteiger partial charge is 0.502 e. The lowest BCUT2D eigenvalue weighted by Gasteiger charge is -2.24. The van der Waals surface area contributed by atoms with Crippen LogP contribution in [0, 0.1) is 0 Å². The number of benzene rings is 2. The predicted octanol–water partition coefficient (Wildman–Crippen LogP) is 3.68. The number of aromatic hydroxyl groups is 1. The molecule has 0 saturated carbocycles. The van der Waals surface area contributed by atoms with Crippen molar-refractivity contribution in [2.75, 3.05) is 19.5 Å². The van der Waals surface area contributed by atoms with E-state index < -0.39 is 0 Å².